The van der Waals surface area contributed by atoms with Crippen LogP contribution in [0.15, 0.2) is 46.2 Å². The lowest BCUT2D eigenvalue weighted by atomic mass is 10.0. The van der Waals surface area contributed by atoms with Gasteiger partial charge in [0.1, 0.15) is 0 Å². The summed E-state index contributed by atoms with van der Waals surface area (Å²) >= 11 is 6.18. The summed E-state index contributed by atoms with van der Waals surface area (Å²) in [5.41, 5.74) is 2.18. The van der Waals surface area contributed by atoms with Crippen LogP contribution in [0.3, 0.4) is 0 Å². The summed E-state index contributed by atoms with van der Waals surface area (Å²) in [7, 11) is -7.63. The molecular weight excluding hydrogens is 552 g/mol. The number of carbonyl (C=O) groups excluding carboxylic acids is 1. The molecule has 0 unspecified atom stereocenters. The first-order valence-corrected chi connectivity index (χ1v) is 15.5. The largest absolute Gasteiger partial charge is 0.343 e. The number of nitrogens with two attached hydrogens (primary N) is 1. The van der Waals surface area contributed by atoms with Gasteiger partial charge in [-0.15, -0.1) is 10.2 Å². The van der Waals surface area contributed by atoms with Crippen molar-refractivity contribution in [3.8, 4) is 0 Å². The minimum atomic E-state index is -3.93. The Bertz CT molecular complexity index is 1560. The van der Waals surface area contributed by atoms with Gasteiger partial charge in [-0.1, -0.05) is 17.7 Å². The topological polar surface area (TPSA) is 158 Å². The van der Waals surface area contributed by atoms with Gasteiger partial charge in [0, 0.05) is 24.5 Å². The Morgan fingerprint density at radius 2 is 1.76 bits per heavy atom. The summed E-state index contributed by atoms with van der Waals surface area (Å²) in [6.07, 6.45) is 1.36. The Hall–Kier alpha value is -2.87. The number of sulfonamides is 1. The molecular formula is C24H29ClN6O5S2. The smallest absolute Gasteiger partial charge is 0.238 e. The van der Waals surface area contributed by atoms with E-state index in [2.05, 4.69) is 15.4 Å². The monoisotopic (exact) mass is 580 g/mol. The normalized spacial score (nSPS) is 15.1. The van der Waals surface area contributed by atoms with Crippen LogP contribution < -0.4 is 5.14 Å². The SMILES string of the molecule is Cc1nnn(Cc2cc(Cl)ccc2CCC(=O)N2CCC(S(=O)(=O)c3ccc(S(N)(=O)=O)cc3C)CC2)n1. The van der Waals surface area contributed by atoms with Gasteiger partial charge in [-0.25, -0.2) is 22.0 Å². The van der Waals surface area contributed by atoms with E-state index in [-0.39, 0.29) is 22.1 Å². The Morgan fingerprint density at radius 3 is 2.37 bits per heavy atom. The summed E-state index contributed by atoms with van der Waals surface area (Å²) in [6, 6.07) is 9.26. The molecule has 38 heavy (non-hydrogen) atoms. The van der Waals surface area contributed by atoms with Gasteiger partial charge in [-0.3, -0.25) is 4.79 Å². The number of amides is 1. The molecule has 1 aliphatic heterocycles. The van der Waals surface area contributed by atoms with Crippen molar-refractivity contribution < 1.29 is 21.6 Å². The van der Waals surface area contributed by atoms with E-state index >= 15 is 0 Å². The number of hydrogen-bond acceptors (Lipinski definition) is 8. The van der Waals surface area contributed by atoms with E-state index in [1.807, 2.05) is 12.1 Å². The molecule has 2 heterocycles. The molecule has 0 radical (unpaired) electrons. The van der Waals surface area contributed by atoms with Crippen molar-refractivity contribution in [3.05, 3.63) is 63.9 Å². The van der Waals surface area contributed by atoms with Gasteiger partial charge in [0.15, 0.2) is 15.7 Å². The number of likely N-dealkylation sites (tertiary alicyclic amines) is 1. The Morgan fingerprint density at radius 1 is 1.05 bits per heavy atom. The lowest BCUT2D eigenvalue weighted by Crippen LogP contribution is -2.42. The number of hydrogen-bond donors (Lipinski definition) is 1. The maximum Gasteiger partial charge on any atom is 0.238 e. The molecule has 204 valence electrons. The number of carbonyl (C=O) groups is 1. The van der Waals surface area contributed by atoms with Crippen LogP contribution in [-0.2, 0) is 37.6 Å². The van der Waals surface area contributed by atoms with Crippen LogP contribution in [0.1, 0.15) is 41.8 Å². The van der Waals surface area contributed by atoms with Gasteiger partial charge in [0.25, 0.3) is 0 Å². The highest BCUT2D eigenvalue weighted by Gasteiger charge is 2.33. The number of aromatic nitrogens is 4. The first kappa shape index (κ1) is 28.1. The second-order valence-corrected chi connectivity index (χ2v) is 13.6. The van der Waals surface area contributed by atoms with E-state index in [1.165, 1.54) is 23.0 Å². The van der Waals surface area contributed by atoms with Gasteiger partial charge < -0.3 is 4.90 Å². The molecule has 0 spiro atoms. The second-order valence-electron chi connectivity index (χ2n) is 9.38. The molecule has 3 aromatic rings. The molecule has 14 heteroatoms. The summed E-state index contributed by atoms with van der Waals surface area (Å²) in [4.78, 5) is 16.1. The van der Waals surface area contributed by atoms with Crippen LogP contribution in [0.4, 0.5) is 0 Å². The van der Waals surface area contributed by atoms with Crippen LogP contribution in [-0.4, -0.2) is 66.2 Å². The van der Waals surface area contributed by atoms with Crippen molar-refractivity contribution >= 4 is 37.4 Å². The Kier molecular flexibility index (Phi) is 8.21. The molecule has 0 saturated carbocycles. The van der Waals surface area contributed by atoms with Crippen molar-refractivity contribution in [1.82, 2.24) is 25.1 Å². The number of sulfone groups is 1. The fraction of sp³-hybridized carbons (Fsp3) is 0.417. The fourth-order valence-corrected chi connectivity index (χ4v) is 7.39. The number of rotatable bonds is 8. The van der Waals surface area contributed by atoms with Crippen LogP contribution in [0.5, 0.6) is 0 Å². The van der Waals surface area contributed by atoms with E-state index in [9.17, 15) is 21.6 Å². The molecule has 2 N–H and O–H groups in total. The van der Waals surface area contributed by atoms with Crippen LogP contribution in [0, 0.1) is 13.8 Å². The van der Waals surface area contributed by atoms with Gasteiger partial charge in [0.2, 0.25) is 15.9 Å². The quantitative estimate of drug-likeness (QED) is 0.424. The lowest BCUT2D eigenvalue weighted by Gasteiger charge is -2.32. The highest BCUT2D eigenvalue weighted by molar-refractivity contribution is 7.92. The first-order chi connectivity index (χ1) is 17.8. The van der Waals surface area contributed by atoms with Gasteiger partial charge in [0.05, 0.1) is 21.6 Å². The van der Waals surface area contributed by atoms with Crippen LogP contribution >= 0.6 is 11.6 Å². The lowest BCUT2D eigenvalue weighted by molar-refractivity contribution is -0.132. The van der Waals surface area contributed by atoms with Gasteiger partial charge >= 0.3 is 0 Å². The Balaban J connectivity index is 1.37. The highest BCUT2D eigenvalue weighted by Crippen LogP contribution is 2.28. The molecule has 1 amide bonds. The number of benzene rings is 2. The number of piperidine rings is 1. The Labute approximate surface area is 226 Å². The molecule has 1 aromatic heterocycles. The minimum Gasteiger partial charge on any atom is -0.343 e. The highest BCUT2D eigenvalue weighted by atomic mass is 35.5. The molecule has 1 fully saturated rings. The summed E-state index contributed by atoms with van der Waals surface area (Å²) < 4.78 is 49.7. The second kappa shape index (κ2) is 11.1. The minimum absolute atomic E-state index is 0.0508. The average Bonchev–Trinajstić information content (AvgIpc) is 3.27. The molecule has 4 rings (SSSR count). The summed E-state index contributed by atoms with van der Waals surface area (Å²) in [6.45, 7) is 4.33. The van der Waals surface area contributed by atoms with E-state index < -0.39 is 25.1 Å². The van der Waals surface area contributed by atoms with Gasteiger partial charge in [-0.2, -0.15) is 4.80 Å². The van der Waals surface area contributed by atoms with Crippen molar-refractivity contribution in [2.75, 3.05) is 13.1 Å². The van der Waals surface area contributed by atoms with E-state index in [0.717, 1.165) is 11.1 Å². The maximum atomic E-state index is 13.3. The third-order valence-corrected chi connectivity index (χ3v) is 10.2. The molecule has 0 aliphatic carbocycles. The van der Waals surface area contributed by atoms with E-state index in [0.29, 0.717) is 55.3 Å². The third kappa shape index (κ3) is 6.40. The van der Waals surface area contributed by atoms with Crippen molar-refractivity contribution in [3.63, 3.8) is 0 Å². The molecule has 1 saturated heterocycles. The number of tetrazole rings is 1. The maximum absolute atomic E-state index is 13.3. The number of aryl methyl sites for hydroxylation is 3. The molecule has 11 nitrogen and oxygen atoms in total. The van der Waals surface area contributed by atoms with Crippen molar-refractivity contribution in [2.24, 2.45) is 5.14 Å². The zero-order valence-electron chi connectivity index (χ0n) is 21.0. The summed E-state index contributed by atoms with van der Waals surface area (Å²) in [5.74, 6) is 0.509. The van der Waals surface area contributed by atoms with Crippen LogP contribution in [0.2, 0.25) is 5.02 Å². The van der Waals surface area contributed by atoms with E-state index in [4.69, 9.17) is 16.7 Å². The van der Waals surface area contributed by atoms with Crippen molar-refractivity contribution in [1.29, 1.82) is 0 Å². The predicted molar refractivity (Wildman–Crippen MR) is 141 cm³/mol. The molecule has 2 aromatic carbocycles. The molecule has 1 aliphatic rings. The van der Waals surface area contributed by atoms with Gasteiger partial charge in [-0.05, 0) is 85.3 Å². The fourth-order valence-electron chi connectivity index (χ4n) is 4.64. The number of nitrogens with zero attached hydrogens (tertiary/aromatic N) is 5. The third-order valence-electron chi connectivity index (χ3n) is 6.66. The first-order valence-electron chi connectivity index (χ1n) is 12.0. The zero-order valence-corrected chi connectivity index (χ0v) is 23.4. The van der Waals surface area contributed by atoms with Crippen molar-refractivity contribution in [2.45, 2.75) is 61.1 Å². The van der Waals surface area contributed by atoms with E-state index in [1.54, 1.807) is 24.8 Å². The number of halogens is 1. The molecule has 0 bridgehead atoms. The average molecular weight is 581 g/mol. The predicted octanol–water partition coefficient (Wildman–Crippen LogP) is 2.04. The standard InChI is InChI=1S/C24H29ClN6O5S2/c1-16-13-22(38(26,35)36)6-7-23(16)37(33,34)21-9-11-30(12-10-21)24(32)8-4-18-3-5-20(25)14-19(18)15-31-28-17(2)27-29-31/h3,5-7,13-14,21H,4,8-12,15H2,1-2H3,(H2,26,35,36). The van der Waals surface area contributed by atoms with Crippen LogP contribution in [0.25, 0.3) is 0 Å². The molecule has 0 atom stereocenters. The number of primary sulfonamides is 1. The zero-order chi connectivity index (χ0) is 27.7. The summed E-state index contributed by atoms with van der Waals surface area (Å²) in [5, 5.41) is 17.1.